The molecule has 0 amide bonds. The zero-order valence-corrected chi connectivity index (χ0v) is 22.5. The number of benzene rings is 2. The lowest BCUT2D eigenvalue weighted by Gasteiger charge is -2.18. The summed E-state index contributed by atoms with van der Waals surface area (Å²) in [5.41, 5.74) is -1.41. The van der Waals surface area contributed by atoms with Gasteiger partial charge in [0.15, 0.2) is 0 Å². The standard InChI is InChI=1S/C24H20F2IN5O4S/c1-31-22-18(21(19(26)24(31)34)28-17-9-6-13(27)11-16(17)25)23(33)32(15-7-8-15)29-20(22)12-4-3-5-14(10-12)30-37(2,35)36/h3-6,9-11,15,28,30H,7-8H2,1-2H3. The van der Waals surface area contributed by atoms with Crippen molar-refractivity contribution in [2.24, 2.45) is 7.05 Å². The minimum absolute atomic E-state index is 0.0261. The Hall–Kier alpha value is -3.33. The second-order valence-electron chi connectivity index (χ2n) is 8.81. The van der Waals surface area contributed by atoms with Gasteiger partial charge in [-0.25, -0.2) is 17.5 Å². The molecule has 37 heavy (non-hydrogen) atoms. The number of rotatable bonds is 6. The number of nitrogens with zero attached hydrogens (tertiary/aromatic N) is 3. The molecule has 2 aromatic carbocycles. The van der Waals surface area contributed by atoms with Crippen LogP contribution in [0.4, 0.5) is 25.8 Å². The Morgan fingerprint density at radius 2 is 1.81 bits per heavy atom. The fourth-order valence-corrected chi connectivity index (χ4v) is 5.11. The summed E-state index contributed by atoms with van der Waals surface area (Å²) in [6.45, 7) is 0. The number of hydrogen-bond donors (Lipinski definition) is 2. The molecule has 2 heterocycles. The average Bonchev–Trinajstić information content (AvgIpc) is 3.66. The molecule has 0 atom stereocenters. The van der Waals surface area contributed by atoms with Gasteiger partial charge in [-0.05, 0) is 65.8 Å². The first kappa shape index (κ1) is 25.3. The predicted octanol–water partition coefficient (Wildman–Crippen LogP) is 4.10. The molecule has 13 heteroatoms. The smallest absolute Gasteiger partial charge is 0.289 e. The van der Waals surface area contributed by atoms with Gasteiger partial charge < -0.3 is 9.88 Å². The molecule has 9 nitrogen and oxygen atoms in total. The lowest BCUT2D eigenvalue weighted by atomic mass is 10.1. The van der Waals surface area contributed by atoms with Crippen molar-refractivity contribution in [2.45, 2.75) is 18.9 Å². The molecule has 1 aliphatic carbocycles. The zero-order valence-electron chi connectivity index (χ0n) is 19.5. The number of hydrogen-bond acceptors (Lipinski definition) is 6. The summed E-state index contributed by atoms with van der Waals surface area (Å²) in [6.07, 6.45) is 2.39. The SMILES string of the molecule is Cn1c(=O)c(F)c(Nc2ccc(I)cc2F)c2c(=O)n(C3CC3)nc(-c3cccc(NS(C)(=O)=O)c3)c21. The van der Waals surface area contributed by atoms with Crippen LogP contribution in [0.15, 0.2) is 52.1 Å². The molecule has 1 saturated carbocycles. The molecule has 5 rings (SSSR count). The number of nitrogens with one attached hydrogen (secondary N) is 2. The van der Waals surface area contributed by atoms with Crippen LogP contribution in [0.2, 0.25) is 0 Å². The van der Waals surface area contributed by atoms with E-state index in [1.165, 1.54) is 36.0 Å². The highest BCUT2D eigenvalue weighted by atomic mass is 127. The second kappa shape index (κ2) is 9.20. The third-order valence-electron chi connectivity index (χ3n) is 5.91. The van der Waals surface area contributed by atoms with E-state index in [9.17, 15) is 22.4 Å². The van der Waals surface area contributed by atoms with Gasteiger partial charge >= 0.3 is 0 Å². The summed E-state index contributed by atoms with van der Waals surface area (Å²) in [5, 5.41) is 6.98. The predicted molar refractivity (Wildman–Crippen MR) is 146 cm³/mol. The second-order valence-corrected chi connectivity index (χ2v) is 11.8. The van der Waals surface area contributed by atoms with Crippen molar-refractivity contribution >= 4 is 60.6 Å². The number of aromatic nitrogens is 3. The largest absolute Gasteiger partial charge is 0.350 e. The van der Waals surface area contributed by atoms with Crippen molar-refractivity contribution < 1.29 is 17.2 Å². The molecular formula is C24H20F2IN5O4S. The van der Waals surface area contributed by atoms with Gasteiger partial charge in [-0.1, -0.05) is 12.1 Å². The third kappa shape index (κ3) is 4.84. The van der Waals surface area contributed by atoms with Gasteiger partial charge in [0.1, 0.15) is 11.5 Å². The van der Waals surface area contributed by atoms with Crippen LogP contribution in [0.3, 0.4) is 0 Å². The van der Waals surface area contributed by atoms with E-state index in [-0.39, 0.29) is 34.0 Å². The quantitative estimate of drug-likeness (QED) is 0.308. The molecule has 1 fully saturated rings. The summed E-state index contributed by atoms with van der Waals surface area (Å²) < 4.78 is 58.8. The Bertz CT molecular complexity index is 1820. The Balaban J connectivity index is 1.84. The highest BCUT2D eigenvalue weighted by molar-refractivity contribution is 14.1. The van der Waals surface area contributed by atoms with Crippen LogP contribution in [-0.4, -0.2) is 29.0 Å². The maximum atomic E-state index is 15.4. The molecule has 1 aliphatic rings. The molecular weight excluding hydrogens is 619 g/mol. The minimum Gasteiger partial charge on any atom is -0.350 e. The number of aryl methyl sites for hydroxylation is 1. The first-order chi connectivity index (χ1) is 17.4. The van der Waals surface area contributed by atoms with E-state index in [0.717, 1.165) is 10.8 Å². The molecule has 192 valence electrons. The first-order valence-corrected chi connectivity index (χ1v) is 14.1. The van der Waals surface area contributed by atoms with Gasteiger partial charge in [0.2, 0.25) is 15.8 Å². The van der Waals surface area contributed by atoms with Crippen LogP contribution >= 0.6 is 22.6 Å². The Morgan fingerprint density at radius 3 is 2.46 bits per heavy atom. The third-order valence-corrected chi connectivity index (χ3v) is 7.19. The molecule has 2 N–H and O–H groups in total. The summed E-state index contributed by atoms with van der Waals surface area (Å²) in [5.74, 6) is -1.92. The van der Waals surface area contributed by atoms with Gasteiger partial charge in [0.05, 0.1) is 34.6 Å². The van der Waals surface area contributed by atoms with Gasteiger partial charge in [0, 0.05) is 21.9 Å². The van der Waals surface area contributed by atoms with Gasteiger partial charge in [0.25, 0.3) is 11.1 Å². The monoisotopic (exact) mass is 639 g/mol. The molecule has 0 spiro atoms. The number of halogens is 3. The normalized spacial score (nSPS) is 13.6. The zero-order chi connectivity index (χ0) is 26.6. The lowest BCUT2D eigenvalue weighted by Crippen LogP contribution is -2.30. The minimum atomic E-state index is -3.58. The average molecular weight is 639 g/mol. The molecule has 0 aliphatic heterocycles. The van der Waals surface area contributed by atoms with Crippen molar-refractivity contribution in [1.29, 1.82) is 0 Å². The van der Waals surface area contributed by atoms with Gasteiger partial charge in [-0.3, -0.25) is 14.3 Å². The summed E-state index contributed by atoms with van der Waals surface area (Å²) in [7, 11) is -2.27. The number of anilines is 3. The molecule has 0 unspecified atom stereocenters. The number of sulfonamides is 1. The van der Waals surface area contributed by atoms with E-state index >= 15 is 4.39 Å². The van der Waals surface area contributed by atoms with Crippen LogP contribution < -0.4 is 21.2 Å². The maximum absolute atomic E-state index is 15.4. The highest BCUT2D eigenvalue weighted by Crippen LogP contribution is 2.37. The van der Waals surface area contributed by atoms with Crippen molar-refractivity contribution in [3.8, 4) is 11.3 Å². The van der Waals surface area contributed by atoms with E-state index in [4.69, 9.17) is 0 Å². The van der Waals surface area contributed by atoms with E-state index in [1.807, 2.05) is 22.6 Å². The molecule has 0 bridgehead atoms. The van der Waals surface area contributed by atoms with Crippen LogP contribution in [-0.2, 0) is 17.1 Å². The van der Waals surface area contributed by atoms with Crippen LogP contribution in [0.25, 0.3) is 22.2 Å². The van der Waals surface area contributed by atoms with Crippen molar-refractivity contribution in [2.75, 3.05) is 16.3 Å². The molecule has 4 aromatic rings. The van der Waals surface area contributed by atoms with E-state index < -0.39 is 38.5 Å². The number of pyridine rings is 1. The van der Waals surface area contributed by atoms with Gasteiger partial charge in [-0.15, -0.1) is 0 Å². The fraction of sp³-hybridized carbons (Fsp3) is 0.208. The summed E-state index contributed by atoms with van der Waals surface area (Å²) in [6, 6.07) is 10.3. The Morgan fingerprint density at radius 1 is 1.08 bits per heavy atom. The van der Waals surface area contributed by atoms with Gasteiger partial charge in [-0.2, -0.15) is 9.49 Å². The Labute approximate surface area is 223 Å². The van der Waals surface area contributed by atoms with Crippen molar-refractivity contribution in [3.05, 3.63) is 78.4 Å². The highest BCUT2D eigenvalue weighted by Gasteiger charge is 2.31. The van der Waals surface area contributed by atoms with E-state index in [1.54, 1.807) is 18.2 Å². The van der Waals surface area contributed by atoms with E-state index in [2.05, 4.69) is 15.1 Å². The fourth-order valence-electron chi connectivity index (χ4n) is 4.10. The number of fused-ring (bicyclic) bond motifs is 1. The van der Waals surface area contributed by atoms with Crippen LogP contribution in [0, 0.1) is 15.2 Å². The summed E-state index contributed by atoms with van der Waals surface area (Å²) >= 11 is 1.93. The molecule has 0 saturated heterocycles. The van der Waals surface area contributed by atoms with E-state index in [0.29, 0.717) is 22.0 Å². The first-order valence-electron chi connectivity index (χ1n) is 11.1. The lowest BCUT2D eigenvalue weighted by molar-refractivity contribution is 0.590. The topological polar surface area (TPSA) is 115 Å². The summed E-state index contributed by atoms with van der Waals surface area (Å²) in [4.78, 5) is 26.5. The maximum Gasteiger partial charge on any atom is 0.289 e. The molecule has 0 radical (unpaired) electrons. The van der Waals surface area contributed by atoms with Crippen molar-refractivity contribution in [3.63, 3.8) is 0 Å². The Kier molecular flexibility index (Phi) is 6.30. The van der Waals surface area contributed by atoms with Crippen molar-refractivity contribution in [1.82, 2.24) is 14.3 Å². The van der Waals surface area contributed by atoms with Crippen LogP contribution in [0.5, 0.6) is 0 Å². The van der Waals surface area contributed by atoms with Crippen LogP contribution in [0.1, 0.15) is 18.9 Å². The molecule has 2 aromatic heterocycles.